The summed E-state index contributed by atoms with van der Waals surface area (Å²) >= 11 is 6.05. The third-order valence-electron chi connectivity index (χ3n) is 3.54. The lowest BCUT2D eigenvalue weighted by atomic mass is 10.0. The van der Waals surface area contributed by atoms with Crippen LogP contribution < -0.4 is 5.32 Å². The van der Waals surface area contributed by atoms with Gasteiger partial charge in [0.05, 0.1) is 0 Å². The van der Waals surface area contributed by atoms with E-state index in [-0.39, 0.29) is 23.6 Å². The summed E-state index contributed by atoms with van der Waals surface area (Å²) < 4.78 is 0. The summed E-state index contributed by atoms with van der Waals surface area (Å²) in [6, 6.07) is 12.6. The average molecular weight is 306 g/mol. The third-order valence-corrected chi connectivity index (χ3v) is 3.77. The van der Waals surface area contributed by atoms with Gasteiger partial charge in [-0.3, -0.25) is 0 Å². The maximum absolute atomic E-state index is 9.58. The number of rotatable bonds is 5. The van der Waals surface area contributed by atoms with Gasteiger partial charge in [-0.2, -0.15) is 0 Å². The minimum absolute atomic E-state index is 0.00747. The molecule has 0 aliphatic heterocycles. The van der Waals surface area contributed by atoms with Gasteiger partial charge in [-0.1, -0.05) is 30.7 Å². The lowest BCUT2D eigenvalue weighted by Crippen LogP contribution is -2.24. The number of benzene rings is 2. The van der Waals surface area contributed by atoms with Crippen molar-refractivity contribution < 1.29 is 10.2 Å². The Bertz CT molecular complexity index is 595. The molecular formula is C17H20ClNO2. The average Bonchev–Trinajstić information content (AvgIpc) is 2.43. The maximum Gasteiger partial charge on any atom is 0.119 e. The molecule has 3 N–H and O–H groups in total. The Labute approximate surface area is 130 Å². The number of hydrogen-bond acceptors (Lipinski definition) is 3. The Morgan fingerprint density at radius 3 is 2.29 bits per heavy atom. The van der Waals surface area contributed by atoms with E-state index in [1.807, 2.05) is 31.2 Å². The summed E-state index contributed by atoms with van der Waals surface area (Å²) in [6.07, 6.45) is 0.912. The van der Waals surface area contributed by atoms with Crippen molar-refractivity contribution in [2.75, 3.05) is 0 Å². The van der Waals surface area contributed by atoms with Crippen LogP contribution in [0.1, 0.15) is 43.5 Å². The van der Waals surface area contributed by atoms with Crippen molar-refractivity contribution >= 4 is 11.6 Å². The summed E-state index contributed by atoms with van der Waals surface area (Å²) in [5.41, 5.74) is 1.97. The molecule has 0 amide bonds. The highest BCUT2D eigenvalue weighted by Crippen LogP contribution is 2.28. The van der Waals surface area contributed by atoms with Crippen molar-refractivity contribution in [2.45, 2.75) is 32.4 Å². The molecule has 0 aliphatic rings. The van der Waals surface area contributed by atoms with Gasteiger partial charge >= 0.3 is 0 Å². The van der Waals surface area contributed by atoms with Crippen molar-refractivity contribution in [1.29, 1.82) is 0 Å². The lowest BCUT2D eigenvalue weighted by molar-refractivity contribution is 0.434. The molecule has 112 valence electrons. The first-order valence-corrected chi connectivity index (χ1v) is 7.41. The largest absolute Gasteiger partial charge is 0.508 e. The van der Waals surface area contributed by atoms with Crippen LogP contribution in [0.2, 0.25) is 5.02 Å². The van der Waals surface area contributed by atoms with Gasteiger partial charge in [-0.25, -0.2) is 0 Å². The van der Waals surface area contributed by atoms with Crippen molar-refractivity contribution in [1.82, 2.24) is 5.32 Å². The first kappa shape index (κ1) is 15.7. The molecule has 0 saturated carbocycles. The Kier molecular flexibility index (Phi) is 5.10. The van der Waals surface area contributed by atoms with E-state index in [1.54, 1.807) is 12.1 Å². The summed E-state index contributed by atoms with van der Waals surface area (Å²) in [4.78, 5) is 0. The minimum atomic E-state index is -0.00747. The molecule has 0 fully saturated rings. The Hall–Kier alpha value is -1.71. The molecule has 4 heteroatoms. The van der Waals surface area contributed by atoms with E-state index >= 15 is 0 Å². The summed E-state index contributed by atoms with van der Waals surface area (Å²) in [5, 5.41) is 23.4. The molecular weight excluding hydrogens is 286 g/mol. The van der Waals surface area contributed by atoms with Gasteiger partial charge in [-0.05, 0) is 48.7 Å². The molecule has 0 saturated heterocycles. The van der Waals surface area contributed by atoms with Crippen LogP contribution in [0.25, 0.3) is 0 Å². The fourth-order valence-electron chi connectivity index (χ4n) is 2.44. The first-order chi connectivity index (χ1) is 9.99. The fraction of sp³-hybridized carbons (Fsp3) is 0.294. The standard InChI is InChI=1S/C17H20ClNO2/c1-3-17(12-5-4-6-14(18)7-12)19-11(2)13-8-15(20)10-16(21)9-13/h4-11,17,19-21H,3H2,1-2H3. The molecule has 0 heterocycles. The number of phenols is 2. The van der Waals surface area contributed by atoms with Crippen LogP contribution in [0.15, 0.2) is 42.5 Å². The zero-order chi connectivity index (χ0) is 15.4. The van der Waals surface area contributed by atoms with E-state index in [0.29, 0.717) is 0 Å². The van der Waals surface area contributed by atoms with E-state index in [0.717, 1.165) is 22.6 Å². The Balaban J connectivity index is 2.18. The molecule has 2 aromatic carbocycles. The monoisotopic (exact) mass is 305 g/mol. The van der Waals surface area contributed by atoms with Crippen LogP contribution in [0.4, 0.5) is 0 Å². The number of phenolic OH excluding ortho intramolecular Hbond substituents is 2. The number of hydrogen-bond donors (Lipinski definition) is 3. The highest BCUT2D eigenvalue weighted by atomic mass is 35.5. The van der Waals surface area contributed by atoms with Gasteiger partial charge in [0.2, 0.25) is 0 Å². The topological polar surface area (TPSA) is 52.5 Å². The van der Waals surface area contributed by atoms with Crippen molar-refractivity contribution in [3.05, 3.63) is 58.6 Å². The van der Waals surface area contributed by atoms with E-state index < -0.39 is 0 Å². The second-order valence-corrected chi connectivity index (χ2v) is 5.62. The fourth-order valence-corrected chi connectivity index (χ4v) is 2.64. The molecule has 2 atom stereocenters. The molecule has 2 unspecified atom stereocenters. The third kappa shape index (κ3) is 4.13. The van der Waals surface area contributed by atoms with E-state index in [1.165, 1.54) is 6.07 Å². The van der Waals surface area contributed by atoms with Crippen LogP contribution in [0.3, 0.4) is 0 Å². The predicted octanol–water partition coefficient (Wildman–Crippen LogP) is 4.55. The molecule has 3 nitrogen and oxygen atoms in total. The van der Waals surface area contributed by atoms with Crippen LogP contribution in [-0.4, -0.2) is 10.2 Å². The second kappa shape index (κ2) is 6.83. The molecule has 0 bridgehead atoms. The van der Waals surface area contributed by atoms with E-state index in [2.05, 4.69) is 12.2 Å². The predicted molar refractivity (Wildman–Crippen MR) is 85.8 cm³/mol. The van der Waals surface area contributed by atoms with Gasteiger partial charge in [0, 0.05) is 23.2 Å². The summed E-state index contributed by atoms with van der Waals surface area (Å²) in [6.45, 7) is 4.10. The molecule has 0 spiro atoms. The smallest absolute Gasteiger partial charge is 0.119 e. The number of aromatic hydroxyl groups is 2. The number of nitrogens with one attached hydrogen (secondary N) is 1. The van der Waals surface area contributed by atoms with Crippen LogP contribution in [-0.2, 0) is 0 Å². The second-order valence-electron chi connectivity index (χ2n) is 5.19. The van der Waals surface area contributed by atoms with Crippen LogP contribution in [0.5, 0.6) is 11.5 Å². The lowest BCUT2D eigenvalue weighted by Gasteiger charge is -2.23. The van der Waals surface area contributed by atoms with Crippen molar-refractivity contribution in [3.8, 4) is 11.5 Å². The minimum Gasteiger partial charge on any atom is -0.508 e. The van der Waals surface area contributed by atoms with E-state index in [9.17, 15) is 10.2 Å². The highest BCUT2D eigenvalue weighted by molar-refractivity contribution is 6.30. The summed E-state index contributed by atoms with van der Waals surface area (Å²) in [5.74, 6) is 0.129. The SMILES string of the molecule is CCC(NC(C)c1cc(O)cc(O)c1)c1cccc(Cl)c1. The molecule has 2 aromatic rings. The highest BCUT2D eigenvalue weighted by Gasteiger charge is 2.15. The number of halogens is 1. The van der Waals surface area contributed by atoms with Crippen LogP contribution in [0, 0.1) is 0 Å². The summed E-state index contributed by atoms with van der Waals surface area (Å²) in [7, 11) is 0. The quantitative estimate of drug-likeness (QED) is 0.759. The van der Waals surface area contributed by atoms with Crippen molar-refractivity contribution in [2.24, 2.45) is 0 Å². The zero-order valence-electron chi connectivity index (χ0n) is 12.2. The van der Waals surface area contributed by atoms with Gasteiger partial charge in [0.15, 0.2) is 0 Å². The van der Waals surface area contributed by atoms with Crippen molar-refractivity contribution in [3.63, 3.8) is 0 Å². The van der Waals surface area contributed by atoms with Gasteiger partial charge in [0.25, 0.3) is 0 Å². The maximum atomic E-state index is 9.58. The van der Waals surface area contributed by atoms with E-state index in [4.69, 9.17) is 11.6 Å². The molecule has 0 aromatic heterocycles. The molecule has 21 heavy (non-hydrogen) atoms. The van der Waals surface area contributed by atoms with Crippen LogP contribution >= 0.6 is 11.6 Å². The molecule has 2 rings (SSSR count). The Morgan fingerprint density at radius 2 is 1.71 bits per heavy atom. The van der Waals surface area contributed by atoms with Gasteiger partial charge < -0.3 is 15.5 Å². The van der Waals surface area contributed by atoms with Gasteiger partial charge in [0.1, 0.15) is 11.5 Å². The zero-order valence-corrected chi connectivity index (χ0v) is 12.9. The normalized spacial score (nSPS) is 13.9. The molecule has 0 radical (unpaired) electrons. The Morgan fingerprint density at radius 1 is 1.05 bits per heavy atom. The first-order valence-electron chi connectivity index (χ1n) is 7.04. The molecule has 0 aliphatic carbocycles. The van der Waals surface area contributed by atoms with Gasteiger partial charge in [-0.15, -0.1) is 0 Å².